The summed E-state index contributed by atoms with van der Waals surface area (Å²) in [5, 5.41) is 8.18. The number of carbonyl (C=O) groups is 1. The Morgan fingerprint density at radius 2 is 1.84 bits per heavy atom. The van der Waals surface area contributed by atoms with Crippen molar-refractivity contribution in [2.45, 2.75) is 44.7 Å². The van der Waals surface area contributed by atoms with E-state index in [-0.39, 0.29) is 18.0 Å². The zero-order valence-corrected chi connectivity index (χ0v) is 21.8. The Bertz CT molecular complexity index is 1590. The molecule has 3 heterocycles. The van der Waals surface area contributed by atoms with Crippen molar-refractivity contribution in [3.8, 4) is 11.1 Å². The van der Waals surface area contributed by atoms with Crippen LogP contribution >= 0.6 is 0 Å². The number of amides is 1. The highest BCUT2D eigenvalue weighted by atomic mass is 16.1. The van der Waals surface area contributed by atoms with E-state index in [2.05, 4.69) is 80.9 Å². The normalized spacial score (nSPS) is 18.4. The van der Waals surface area contributed by atoms with Crippen LogP contribution in [0.4, 0.5) is 5.69 Å². The number of fused-ring (bicyclic) bond motifs is 2. The number of aromatic nitrogens is 4. The second-order valence-electron chi connectivity index (χ2n) is 10.4. The minimum absolute atomic E-state index is 0.0497. The lowest BCUT2D eigenvalue weighted by atomic mass is 9.79. The minimum Gasteiger partial charge on any atom is -0.378 e. The summed E-state index contributed by atoms with van der Waals surface area (Å²) in [6.07, 6.45) is 13.4. The second-order valence-corrected chi connectivity index (χ2v) is 10.4. The minimum atomic E-state index is 0.0497. The summed E-state index contributed by atoms with van der Waals surface area (Å²) in [5.41, 5.74) is 7.28. The average molecular weight is 505 g/mol. The Morgan fingerprint density at radius 1 is 1.00 bits per heavy atom. The highest BCUT2D eigenvalue weighted by molar-refractivity contribution is 5.97. The van der Waals surface area contributed by atoms with Crippen LogP contribution in [0.5, 0.6) is 0 Å². The molecule has 192 valence electrons. The number of hydrogen-bond donors (Lipinski definition) is 2. The quantitative estimate of drug-likeness (QED) is 0.295. The fourth-order valence-corrected chi connectivity index (χ4v) is 5.91. The molecule has 1 fully saturated rings. The van der Waals surface area contributed by atoms with Crippen molar-refractivity contribution in [1.82, 2.24) is 24.8 Å². The van der Waals surface area contributed by atoms with E-state index in [1.165, 1.54) is 16.5 Å². The summed E-state index contributed by atoms with van der Waals surface area (Å²) in [6.45, 7) is 1.60. The standard InChI is InChI=1S/C31H32N6O/c1-20(38)35-25-9-7-22(8-10-25)30(24-4-3-12-32-19-24)36-26-17-27(31-28(18-26)33-13-14-34-31)23-6-5-21-11-15-37(2)29(21)16-23/h3-6,11-19,22,25,30,36H,7-10H2,1-2H3,(H,35,38). The maximum atomic E-state index is 11.6. The van der Waals surface area contributed by atoms with Crippen LogP contribution in [0, 0.1) is 5.92 Å². The van der Waals surface area contributed by atoms with Gasteiger partial charge < -0.3 is 15.2 Å². The topological polar surface area (TPSA) is 84.7 Å². The van der Waals surface area contributed by atoms with Gasteiger partial charge in [0.15, 0.2) is 0 Å². The number of hydrogen-bond acceptors (Lipinski definition) is 5. The van der Waals surface area contributed by atoms with Crippen molar-refractivity contribution >= 4 is 33.5 Å². The van der Waals surface area contributed by atoms with E-state index in [9.17, 15) is 4.79 Å². The molecule has 0 bridgehead atoms. The van der Waals surface area contributed by atoms with Gasteiger partial charge in [0.1, 0.15) is 0 Å². The maximum Gasteiger partial charge on any atom is 0.217 e. The van der Waals surface area contributed by atoms with Gasteiger partial charge in [-0.1, -0.05) is 18.2 Å². The van der Waals surface area contributed by atoms with E-state index in [4.69, 9.17) is 4.98 Å². The predicted molar refractivity (Wildman–Crippen MR) is 152 cm³/mol. The zero-order valence-electron chi connectivity index (χ0n) is 21.8. The van der Waals surface area contributed by atoms with Gasteiger partial charge in [-0.2, -0.15) is 0 Å². The summed E-state index contributed by atoms with van der Waals surface area (Å²) in [7, 11) is 2.07. The largest absolute Gasteiger partial charge is 0.378 e. The van der Waals surface area contributed by atoms with E-state index in [0.717, 1.165) is 53.5 Å². The lowest BCUT2D eigenvalue weighted by Crippen LogP contribution is -2.38. The van der Waals surface area contributed by atoms with Crippen LogP contribution < -0.4 is 10.6 Å². The van der Waals surface area contributed by atoms with Gasteiger partial charge in [-0.3, -0.25) is 19.7 Å². The molecule has 1 amide bonds. The summed E-state index contributed by atoms with van der Waals surface area (Å²) in [6, 6.07) is 17.5. The third-order valence-corrected chi connectivity index (χ3v) is 7.79. The lowest BCUT2D eigenvalue weighted by molar-refractivity contribution is -0.119. The van der Waals surface area contributed by atoms with Crippen LogP contribution in [0.25, 0.3) is 33.1 Å². The van der Waals surface area contributed by atoms with Gasteiger partial charge >= 0.3 is 0 Å². The molecular formula is C31H32N6O. The van der Waals surface area contributed by atoms with Crippen LogP contribution in [-0.2, 0) is 11.8 Å². The number of rotatable bonds is 6. The van der Waals surface area contributed by atoms with E-state index in [0.29, 0.717) is 5.92 Å². The molecule has 1 atom stereocenters. The Labute approximate surface area is 222 Å². The smallest absolute Gasteiger partial charge is 0.217 e. The third kappa shape index (κ3) is 4.84. The van der Waals surface area contributed by atoms with Gasteiger partial charge in [-0.05, 0) is 78.4 Å². The summed E-state index contributed by atoms with van der Waals surface area (Å²) >= 11 is 0. The monoisotopic (exact) mass is 504 g/mol. The highest BCUT2D eigenvalue weighted by Gasteiger charge is 2.29. The van der Waals surface area contributed by atoms with E-state index < -0.39 is 0 Å². The van der Waals surface area contributed by atoms with Gasteiger partial charge in [0.2, 0.25) is 5.91 Å². The third-order valence-electron chi connectivity index (χ3n) is 7.79. The molecule has 7 nitrogen and oxygen atoms in total. The Morgan fingerprint density at radius 3 is 2.63 bits per heavy atom. The molecule has 1 aliphatic rings. The molecule has 1 saturated carbocycles. The molecule has 2 aromatic carbocycles. The first-order valence-electron chi connectivity index (χ1n) is 13.3. The molecule has 6 rings (SSSR count). The SMILES string of the molecule is CC(=O)NC1CCC(C(Nc2cc(-c3ccc4ccn(C)c4c3)c3nccnc3c2)c2cccnc2)CC1. The molecule has 38 heavy (non-hydrogen) atoms. The molecular weight excluding hydrogens is 472 g/mol. The van der Waals surface area contributed by atoms with Crippen LogP contribution in [0.2, 0.25) is 0 Å². The molecule has 1 aliphatic carbocycles. The van der Waals surface area contributed by atoms with Gasteiger partial charge in [0.25, 0.3) is 0 Å². The van der Waals surface area contributed by atoms with Crippen molar-refractivity contribution < 1.29 is 4.79 Å². The van der Waals surface area contributed by atoms with Crippen LogP contribution in [0.15, 0.2) is 79.5 Å². The first-order chi connectivity index (χ1) is 18.5. The van der Waals surface area contributed by atoms with Crippen molar-refractivity contribution in [2.24, 2.45) is 13.0 Å². The molecule has 7 heteroatoms. The maximum absolute atomic E-state index is 11.6. The Balaban J connectivity index is 1.37. The Hall–Kier alpha value is -4.26. The lowest BCUT2D eigenvalue weighted by Gasteiger charge is -2.35. The molecule has 3 aromatic heterocycles. The van der Waals surface area contributed by atoms with Gasteiger partial charge in [0, 0.05) is 67.8 Å². The molecule has 2 N–H and O–H groups in total. The van der Waals surface area contributed by atoms with Crippen LogP contribution in [0.1, 0.15) is 44.2 Å². The van der Waals surface area contributed by atoms with Crippen LogP contribution in [0.3, 0.4) is 0 Å². The summed E-state index contributed by atoms with van der Waals surface area (Å²) in [4.78, 5) is 25.4. The molecule has 0 aliphatic heterocycles. The summed E-state index contributed by atoms with van der Waals surface area (Å²) in [5.74, 6) is 0.471. The van der Waals surface area contributed by atoms with Gasteiger partial charge in [-0.15, -0.1) is 0 Å². The van der Waals surface area contributed by atoms with Crippen molar-refractivity contribution in [2.75, 3.05) is 5.32 Å². The highest BCUT2D eigenvalue weighted by Crippen LogP contribution is 2.39. The number of benzene rings is 2. The van der Waals surface area contributed by atoms with E-state index in [1.54, 1.807) is 19.3 Å². The number of aryl methyl sites for hydroxylation is 1. The van der Waals surface area contributed by atoms with Crippen molar-refractivity contribution in [1.29, 1.82) is 0 Å². The molecule has 0 saturated heterocycles. The number of pyridine rings is 1. The first-order valence-corrected chi connectivity index (χ1v) is 13.3. The zero-order chi connectivity index (χ0) is 26.1. The number of carbonyl (C=O) groups excluding carboxylic acids is 1. The molecule has 0 spiro atoms. The molecule has 0 radical (unpaired) electrons. The fraction of sp³-hybridized carbons (Fsp3) is 0.290. The molecule has 1 unspecified atom stereocenters. The van der Waals surface area contributed by atoms with Gasteiger partial charge in [0.05, 0.1) is 17.1 Å². The van der Waals surface area contributed by atoms with Crippen LogP contribution in [-0.4, -0.2) is 31.5 Å². The average Bonchev–Trinajstić information content (AvgIpc) is 3.32. The fourth-order valence-electron chi connectivity index (χ4n) is 5.91. The number of nitrogens with zero attached hydrogens (tertiary/aromatic N) is 4. The van der Waals surface area contributed by atoms with Crippen molar-refractivity contribution in [3.63, 3.8) is 0 Å². The van der Waals surface area contributed by atoms with Crippen molar-refractivity contribution in [3.05, 3.63) is 85.1 Å². The summed E-state index contributed by atoms with van der Waals surface area (Å²) < 4.78 is 2.14. The van der Waals surface area contributed by atoms with E-state index in [1.807, 2.05) is 18.5 Å². The predicted octanol–water partition coefficient (Wildman–Crippen LogP) is 6.03. The second kappa shape index (κ2) is 10.2. The number of nitrogens with one attached hydrogen (secondary N) is 2. The van der Waals surface area contributed by atoms with Gasteiger partial charge in [-0.25, -0.2) is 0 Å². The Kier molecular flexibility index (Phi) is 6.50. The van der Waals surface area contributed by atoms with E-state index >= 15 is 0 Å². The molecule has 5 aromatic rings. The number of anilines is 1. The first kappa shape index (κ1) is 24.1.